The third-order valence-electron chi connectivity index (χ3n) is 3.80. The van der Waals surface area contributed by atoms with E-state index >= 15 is 0 Å². The average molecular weight is 321 g/mol. The van der Waals surface area contributed by atoms with Gasteiger partial charge in [-0.25, -0.2) is 0 Å². The Bertz CT molecular complexity index is 564. The topological polar surface area (TPSA) is 53.3 Å². The molecule has 22 heavy (non-hydrogen) atoms. The molecule has 0 saturated heterocycles. The Hall–Kier alpha value is -1.57. The van der Waals surface area contributed by atoms with Crippen molar-refractivity contribution in [3.8, 4) is 6.07 Å². The van der Waals surface area contributed by atoms with Crippen LogP contribution in [0, 0.1) is 11.3 Å². The van der Waals surface area contributed by atoms with Crippen LogP contribution in [0.1, 0.15) is 36.8 Å². The number of nitriles is 1. The number of hydrogen-bond donors (Lipinski definition) is 0. The van der Waals surface area contributed by atoms with Crippen LogP contribution < -0.4 is 0 Å². The summed E-state index contributed by atoms with van der Waals surface area (Å²) >= 11 is 6.28. The molecule has 5 heteroatoms. The van der Waals surface area contributed by atoms with Gasteiger partial charge in [-0.3, -0.25) is 4.79 Å². The molecule has 0 radical (unpaired) electrons. The van der Waals surface area contributed by atoms with Crippen LogP contribution in [0.4, 0.5) is 0 Å². The second-order valence-corrected chi connectivity index (χ2v) is 6.02. The quantitative estimate of drug-likeness (QED) is 0.690. The number of carbonyl (C=O) groups excluding carboxylic acids is 1. The molecule has 0 N–H and O–H groups in total. The van der Waals surface area contributed by atoms with E-state index in [-0.39, 0.29) is 18.4 Å². The first-order valence-electron chi connectivity index (χ1n) is 7.58. The number of hydrogen-bond acceptors (Lipinski definition) is 3. The SMILES string of the molecule is COCCCc1ccc(Cl)c(CN(C(=O)CC#N)C2CC2)c1. The van der Waals surface area contributed by atoms with E-state index in [1.807, 2.05) is 18.2 Å². The lowest BCUT2D eigenvalue weighted by atomic mass is 10.1. The summed E-state index contributed by atoms with van der Waals surface area (Å²) in [5.74, 6) is -0.106. The number of methoxy groups -OCH3 is 1. The molecule has 1 saturated carbocycles. The minimum atomic E-state index is -0.106. The maximum absolute atomic E-state index is 12.1. The highest BCUT2D eigenvalue weighted by Crippen LogP contribution is 2.30. The Kier molecular flexibility index (Phi) is 6.23. The number of rotatable bonds is 8. The normalized spacial score (nSPS) is 13.7. The molecule has 2 rings (SSSR count). The smallest absolute Gasteiger partial charge is 0.237 e. The minimum Gasteiger partial charge on any atom is -0.385 e. The van der Waals surface area contributed by atoms with Crippen molar-refractivity contribution in [3.63, 3.8) is 0 Å². The second-order valence-electron chi connectivity index (χ2n) is 5.61. The molecule has 1 aromatic rings. The number of amides is 1. The minimum absolute atomic E-state index is 0.0678. The lowest BCUT2D eigenvalue weighted by Crippen LogP contribution is -2.32. The lowest BCUT2D eigenvalue weighted by Gasteiger charge is -2.22. The molecule has 0 aromatic heterocycles. The van der Waals surface area contributed by atoms with E-state index in [1.54, 1.807) is 12.0 Å². The monoisotopic (exact) mass is 320 g/mol. The van der Waals surface area contributed by atoms with Gasteiger partial charge >= 0.3 is 0 Å². The third kappa shape index (κ3) is 4.72. The maximum atomic E-state index is 12.1. The van der Waals surface area contributed by atoms with Crippen molar-refractivity contribution < 1.29 is 9.53 Å². The Balaban J connectivity index is 2.07. The molecule has 0 spiro atoms. The zero-order chi connectivity index (χ0) is 15.9. The fourth-order valence-electron chi connectivity index (χ4n) is 2.49. The van der Waals surface area contributed by atoms with Gasteiger partial charge in [0.2, 0.25) is 5.91 Å². The maximum Gasteiger partial charge on any atom is 0.237 e. The summed E-state index contributed by atoms with van der Waals surface area (Å²) in [6.07, 6.45) is 3.84. The van der Waals surface area contributed by atoms with Crippen LogP contribution >= 0.6 is 11.6 Å². The zero-order valence-corrected chi connectivity index (χ0v) is 13.6. The van der Waals surface area contributed by atoms with Crippen molar-refractivity contribution in [2.45, 2.75) is 44.7 Å². The van der Waals surface area contributed by atoms with Crippen LogP contribution in [0.15, 0.2) is 18.2 Å². The highest BCUT2D eigenvalue weighted by Gasteiger charge is 2.32. The van der Waals surface area contributed by atoms with E-state index in [9.17, 15) is 4.79 Å². The molecule has 0 aliphatic heterocycles. The van der Waals surface area contributed by atoms with Gasteiger partial charge in [-0.15, -0.1) is 0 Å². The summed E-state index contributed by atoms with van der Waals surface area (Å²) in [5.41, 5.74) is 2.15. The van der Waals surface area contributed by atoms with Gasteiger partial charge in [0.1, 0.15) is 6.42 Å². The second kappa shape index (κ2) is 8.17. The number of carbonyl (C=O) groups is 1. The van der Waals surface area contributed by atoms with Crippen LogP contribution in [0.25, 0.3) is 0 Å². The fourth-order valence-corrected chi connectivity index (χ4v) is 2.66. The van der Waals surface area contributed by atoms with E-state index in [4.69, 9.17) is 21.6 Å². The molecule has 0 heterocycles. The zero-order valence-electron chi connectivity index (χ0n) is 12.8. The van der Waals surface area contributed by atoms with E-state index in [0.717, 1.165) is 37.9 Å². The van der Waals surface area contributed by atoms with Crippen LogP contribution in [-0.2, 0) is 22.5 Å². The predicted octanol–water partition coefficient (Wildman–Crippen LogP) is 3.32. The van der Waals surface area contributed by atoms with Gasteiger partial charge in [0.05, 0.1) is 6.07 Å². The largest absolute Gasteiger partial charge is 0.385 e. The van der Waals surface area contributed by atoms with Crippen LogP contribution in [0.5, 0.6) is 0 Å². The molecule has 1 fully saturated rings. The van der Waals surface area contributed by atoms with Crippen LogP contribution in [0.3, 0.4) is 0 Å². The lowest BCUT2D eigenvalue weighted by molar-refractivity contribution is -0.131. The summed E-state index contributed by atoms with van der Waals surface area (Å²) in [4.78, 5) is 13.9. The van der Waals surface area contributed by atoms with Crippen molar-refractivity contribution in [1.82, 2.24) is 4.90 Å². The number of ether oxygens (including phenoxy) is 1. The summed E-state index contributed by atoms with van der Waals surface area (Å²) in [5, 5.41) is 9.41. The Labute approximate surface area is 136 Å². The van der Waals surface area contributed by atoms with Crippen molar-refractivity contribution in [2.24, 2.45) is 0 Å². The van der Waals surface area contributed by atoms with Gasteiger partial charge in [-0.1, -0.05) is 23.7 Å². The standard InChI is InChI=1S/C17H21ClN2O2/c1-22-10-2-3-13-4-7-16(18)14(11-13)12-20(15-5-6-15)17(21)8-9-19/h4,7,11,15H,2-3,5-6,8,10,12H2,1H3. The molecule has 118 valence electrons. The molecule has 0 unspecified atom stereocenters. The van der Waals surface area contributed by atoms with Gasteiger partial charge in [0.15, 0.2) is 0 Å². The van der Waals surface area contributed by atoms with E-state index < -0.39 is 0 Å². The Morgan fingerprint density at radius 2 is 2.27 bits per heavy atom. The molecule has 1 amide bonds. The molecule has 1 aliphatic rings. The summed E-state index contributed by atoms with van der Waals surface area (Å²) in [6, 6.07) is 8.18. The van der Waals surface area contributed by atoms with Crippen molar-refractivity contribution in [2.75, 3.05) is 13.7 Å². The average Bonchev–Trinajstić information content (AvgIpc) is 3.32. The number of benzene rings is 1. The first kappa shape index (κ1) is 16.8. The van der Waals surface area contributed by atoms with Gasteiger partial charge in [0.25, 0.3) is 0 Å². The van der Waals surface area contributed by atoms with E-state index in [1.165, 1.54) is 5.56 Å². The highest BCUT2D eigenvalue weighted by molar-refractivity contribution is 6.31. The Morgan fingerprint density at radius 3 is 2.91 bits per heavy atom. The molecule has 4 nitrogen and oxygen atoms in total. The summed E-state index contributed by atoms with van der Waals surface area (Å²) in [7, 11) is 1.70. The molecule has 0 bridgehead atoms. The first-order chi connectivity index (χ1) is 10.7. The molecule has 1 aliphatic carbocycles. The molecular formula is C17H21ClN2O2. The molecular weight excluding hydrogens is 300 g/mol. The first-order valence-corrected chi connectivity index (χ1v) is 7.96. The highest BCUT2D eigenvalue weighted by atomic mass is 35.5. The summed E-state index contributed by atoms with van der Waals surface area (Å²) < 4.78 is 5.07. The van der Waals surface area contributed by atoms with Gasteiger partial charge in [-0.2, -0.15) is 5.26 Å². The van der Waals surface area contributed by atoms with Gasteiger partial charge in [-0.05, 0) is 42.9 Å². The third-order valence-corrected chi connectivity index (χ3v) is 4.17. The van der Waals surface area contributed by atoms with Crippen LogP contribution in [-0.4, -0.2) is 30.6 Å². The number of nitrogens with zero attached hydrogens (tertiary/aromatic N) is 2. The van der Waals surface area contributed by atoms with E-state index in [0.29, 0.717) is 11.6 Å². The Morgan fingerprint density at radius 1 is 1.50 bits per heavy atom. The molecule has 1 aromatic carbocycles. The number of halogens is 1. The predicted molar refractivity (Wildman–Crippen MR) is 85.5 cm³/mol. The van der Waals surface area contributed by atoms with Gasteiger partial charge in [0, 0.05) is 31.3 Å². The van der Waals surface area contributed by atoms with Crippen molar-refractivity contribution in [1.29, 1.82) is 5.26 Å². The fraction of sp³-hybridized carbons (Fsp3) is 0.529. The van der Waals surface area contributed by atoms with Crippen LogP contribution in [0.2, 0.25) is 5.02 Å². The number of aryl methyl sites for hydroxylation is 1. The van der Waals surface area contributed by atoms with E-state index in [2.05, 4.69) is 6.07 Å². The van der Waals surface area contributed by atoms with Crippen molar-refractivity contribution in [3.05, 3.63) is 34.3 Å². The van der Waals surface area contributed by atoms with Crippen molar-refractivity contribution >= 4 is 17.5 Å². The summed E-state index contributed by atoms with van der Waals surface area (Å²) in [6.45, 7) is 1.22. The van der Waals surface area contributed by atoms with Gasteiger partial charge < -0.3 is 9.64 Å². The molecule has 0 atom stereocenters.